The number of carbonyl (C=O) groups is 1. The molecule has 0 saturated heterocycles. The van der Waals surface area contributed by atoms with Crippen molar-refractivity contribution in [3.8, 4) is 22.8 Å². The van der Waals surface area contributed by atoms with E-state index in [1.165, 1.54) is 10.7 Å². The molecule has 0 fully saturated rings. The molecule has 0 aliphatic carbocycles. The van der Waals surface area contributed by atoms with Crippen LogP contribution in [0.5, 0.6) is 11.5 Å². The van der Waals surface area contributed by atoms with Crippen LogP contribution >= 0.6 is 0 Å². The highest BCUT2D eigenvalue weighted by Crippen LogP contribution is 2.33. The summed E-state index contributed by atoms with van der Waals surface area (Å²) in [5, 5.41) is 7.20. The van der Waals surface area contributed by atoms with Crippen molar-refractivity contribution in [2.45, 2.75) is 25.7 Å². The fourth-order valence-electron chi connectivity index (χ4n) is 3.16. The molecule has 0 radical (unpaired) electrons. The highest BCUT2D eigenvalue weighted by atomic mass is 16.6. The average Bonchev–Trinajstić information content (AvgIpc) is 2.75. The molecule has 0 unspecified atom stereocenters. The molecular weight excluding hydrogens is 370 g/mol. The first-order chi connectivity index (χ1) is 14.1. The van der Waals surface area contributed by atoms with Gasteiger partial charge >= 0.3 is 0 Å². The van der Waals surface area contributed by atoms with E-state index >= 15 is 0 Å². The summed E-state index contributed by atoms with van der Waals surface area (Å²) in [6.07, 6.45) is -1.18. The van der Waals surface area contributed by atoms with E-state index in [2.05, 4.69) is 10.4 Å². The van der Waals surface area contributed by atoms with E-state index in [1.54, 1.807) is 25.1 Å². The molecule has 2 atom stereocenters. The second kappa shape index (κ2) is 8.18. The minimum atomic E-state index is -0.759. The lowest BCUT2D eigenvalue weighted by Gasteiger charge is -2.31. The largest absolute Gasteiger partial charge is 0.482 e. The van der Waals surface area contributed by atoms with Crippen molar-refractivity contribution in [2.24, 2.45) is 0 Å². The number of amides is 1. The Morgan fingerprint density at radius 2 is 1.69 bits per heavy atom. The van der Waals surface area contributed by atoms with E-state index in [1.807, 2.05) is 42.5 Å². The Kier molecular flexibility index (Phi) is 5.29. The molecule has 0 bridgehead atoms. The topological polar surface area (TPSA) is 82.4 Å². The maximum absolute atomic E-state index is 12.6. The molecule has 7 heteroatoms. The molecule has 2 heterocycles. The van der Waals surface area contributed by atoms with Gasteiger partial charge < -0.3 is 14.8 Å². The maximum Gasteiger partial charge on any atom is 0.266 e. The molecule has 0 spiro atoms. The van der Waals surface area contributed by atoms with Gasteiger partial charge in [-0.3, -0.25) is 9.59 Å². The molecule has 1 aliphatic rings. The second-order valence-corrected chi connectivity index (χ2v) is 6.75. The van der Waals surface area contributed by atoms with Crippen molar-refractivity contribution in [3.63, 3.8) is 0 Å². The van der Waals surface area contributed by atoms with E-state index in [-0.39, 0.29) is 24.6 Å². The molecule has 3 aromatic rings. The lowest BCUT2D eigenvalue weighted by Crippen LogP contribution is -2.49. The van der Waals surface area contributed by atoms with Crippen molar-refractivity contribution in [2.75, 3.05) is 6.54 Å². The number of carbonyl (C=O) groups excluding carboxylic acids is 1. The summed E-state index contributed by atoms with van der Waals surface area (Å²) in [5.41, 5.74) is 1.40. The number of hydrogen-bond donors (Lipinski definition) is 1. The molecule has 29 heavy (non-hydrogen) atoms. The molecule has 0 saturated carbocycles. The van der Waals surface area contributed by atoms with Crippen molar-refractivity contribution in [3.05, 3.63) is 77.1 Å². The molecule has 7 nitrogen and oxygen atoms in total. The van der Waals surface area contributed by atoms with Crippen LogP contribution < -0.4 is 20.3 Å². The fourth-order valence-corrected chi connectivity index (χ4v) is 3.16. The molecule has 1 aromatic heterocycles. The van der Waals surface area contributed by atoms with Crippen LogP contribution in [0, 0.1) is 0 Å². The summed E-state index contributed by atoms with van der Waals surface area (Å²) in [7, 11) is 0. The summed E-state index contributed by atoms with van der Waals surface area (Å²) < 4.78 is 12.9. The number of aromatic nitrogens is 2. The van der Waals surface area contributed by atoms with Crippen LogP contribution in [0.4, 0.5) is 0 Å². The third kappa shape index (κ3) is 4.13. The summed E-state index contributed by atoms with van der Waals surface area (Å²) >= 11 is 0. The first kappa shape index (κ1) is 18.7. The van der Waals surface area contributed by atoms with Crippen molar-refractivity contribution in [1.82, 2.24) is 15.1 Å². The van der Waals surface area contributed by atoms with E-state index in [0.717, 1.165) is 5.56 Å². The third-order valence-corrected chi connectivity index (χ3v) is 4.66. The van der Waals surface area contributed by atoms with Crippen LogP contribution in [-0.2, 0) is 11.3 Å². The van der Waals surface area contributed by atoms with Gasteiger partial charge in [0.05, 0.1) is 12.2 Å². The number of para-hydroxylation sites is 2. The van der Waals surface area contributed by atoms with Crippen LogP contribution in [0.25, 0.3) is 11.3 Å². The molecule has 1 aliphatic heterocycles. The van der Waals surface area contributed by atoms with Crippen molar-refractivity contribution in [1.29, 1.82) is 0 Å². The second-order valence-electron chi connectivity index (χ2n) is 6.75. The first-order valence-corrected chi connectivity index (χ1v) is 9.45. The Hall–Kier alpha value is -3.61. The van der Waals surface area contributed by atoms with Gasteiger partial charge in [-0.1, -0.05) is 42.5 Å². The smallest absolute Gasteiger partial charge is 0.266 e. The lowest BCUT2D eigenvalue weighted by atomic mass is 10.1. The molecular formula is C22H21N3O4. The predicted molar refractivity (Wildman–Crippen MR) is 108 cm³/mol. The van der Waals surface area contributed by atoms with Crippen LogP contribution in [0.3, 0.4) is 0 Å². The van der Waals surface area contributed by atoms with E-state index in [4.69, 9.17) is 9.47 Å². The van der Waals surface area contributed by atoms with E-state index in [0.29, 0.717) is 17.2 Å². The number of benzene rings is 2. The number of fused-ring (bicyclic) bond motifs is 1. The van der Waals surface area contributed by atoms with Gasteiger partial charge in [-0.2, -0.15) is 5.10 Å². The highest BCUT2D eigenvalue weighted by molar-refractivity contribution is 5.82. The van der Waals surface area contributed by atoms with Crippen LogP contribution in [0.2, 0.25) is 0 Å². The normalized spacial score (nSPS) is 17.6. The van der Waals surface area contributed by atoms with Crippen molar-refractivity contribution >= 4 is 5.91 Å². The standard InChI is InChI=1S/C22H21N3O4/c1-15-21(29-19-10-6-5-9-18(19)28-15)22(27)23-13-14-25-20(26)12-11-17(24-25)16-7-3-2-4-8-16/h2-12,15,21H,13-14H2,1H3,(H,23,27)/t15-,21+/m0/s1. The minimum Gasteiger partial charge on any atom is -0.482 e. The lowest BCUT2D eigenvalue weighted by molar-refractivity contribution is -0.133. The Balaban J connectivity index is 1.39. The molecule has 2 aromatic carbocycles. The molecule has 1 amide bonds. The summed E-state index contributed by atoms with van der Waals surface area (Å²) in [5.74, 6) is 0.871. The zero-order valence-corrected chi connectivity index (χ0v) is 15.9. The van der Waals surface area contributed by atoms with E-state index in [9.17, 15) is 9.59 Å². The van der Waals surface area contributed by atoms with Crippen molar-refractivity contribution < 1.29 is 14.3 Å². The van der Waals surface area contributed by atoms with Gasteiger partial charge in [0.2, 0.25) is 6.10 Å². The van der Waals surface area contributed by atoms with Gasteiger partial charge in [-0.15, -0.1) is 0 Å². The predicted octanol–water partition coefficient (Wildman–Crippen LogP) is 2.25. The van der Waals surface area contributed by atoms with E-state index < -0.39 is 12.2 Å². The molecule has 148 valence electrons. The van der Waals surface area contributed by atoms with Gasteiger partial charge in [0, 0.05) is 18.2 Å². The maximum atomic E-state index is 12.6. The quantitative estimate of drug-likeness (QED) is 0.721. The number of nitrogens with one attached hydrogen (secondary N) is 1. The summed E-state index contributed by atoms with van der Waals surface area (Å²) in [6.45, 7) is 2.29. The molecule has 4 rings (SSSR count). The van der Waals surface area contributed by atoms with Crippen LogP contribution in [0.1, 0.15) is 6.92 Å². The zero-order valence-electron chi connectivity index (χ0n) is 15.9. The number of hydrogen-bond acceptors (Lipinski definition) is 5. The Morgan fingerprint density at radius 3 is 2.45 bits per heavy atom. The van der Waals surface area contributed by atoms with Crippen LogP contribution in [-0.4, -0.2) is 34.4 Å². The van der Waals surface area contributed by atoms with Gasteiger partial charge in [0.15, 0.2) is 11.5 Å². The SMILES string of the molecule is C[C@@H]1Oc2ccccc2O[C@H]1C(=O)NCCn1nc(-c2ccccc2)ccc1=O. The number of nitrogens with zero attached hydrogens (tertiary/aromatic N) is 2. The van der Waals surface area contributed by atoms with Gasteiger partial charge in [0.1, 0.15) is 6.10 Å². The van der Waals surface area contributed by atoms with Gasteiger partial charge in [-0.25, -0.2) is 4.68 Å². The van der Waals surface area contributed by atoms with Gasteiger partial charge in [-0.05, 0) is 25.1 Å². The highest BCUT2D eigenvalue weighted by Gasteiger charge is 2.33. The minimum absolute atomic E-state index is 0.224. The summed E-state index contributed by atoms with van der Waals surface area (Å²) in [6, 6.07) is 20.0. The third-order valence-electron chi connectivity index (χ3n) is 4.66. The number of rotatable bonds is 5. The van der Waals surface area contributed by atoms with Gasteiger partial charge in [0.25, 0.3) is 11.5 Å². The first-order valence-electron chi connectivity index (χ1n) is 9.45. The summed E-state index contributed by atoms with van der Waals surface area (Å²) in [4.78, 5) is 24.7. The number of ether oxygens (including phenoxy) is 2. The zero-order chi connectivity index (χ0) is 20.2. The Morgan fingerprint density at radius 1 is 1.00 bits per heavy atom. The van der Waals surface area contributed by atoms with Crippen LogP contribution in [0.15, 0.2) is 71.5 Å². The molecule has 1 N–H and O–H groups in total. The fraction of sp³-hybridized carbons (Fsp3) is 0.227. The average molecular weight is 391 g/mol. The monoisotopic (exact) mass is 391 g/mol. The Labute approximate surface area is 167 Å². The Bertz CT molecular complexity index is 1060.